The highest BCUT2D eigenvalue weighted by Crippen LogP contribution is 2.22. The van der Waals surface area contributed by atoms with Crippen LogP contribution in [0.2, 0.25) is 5.02 Å². The molecule has 7 heteroatoms. The lowest BCUT2D eigenvalue weighted by molar-refractivity contribution is -0.119. The molecule has 0 bridgehead atoms. The molecule has 0 aliphatic rings. The average Bonchev–Trinajstić information content (AvgIpc) is 3.02. The fourth-order valence-corrected chi connectivity index (χ4v) is 3.26. The Morgan fingerprint density at radius 1 is 1.13 bits per heavy atom. The third kappa shape index (κ3) is 5.42. The molecule has 0 radical (unpaired) electrons. The first-order valence-corrected chi connectivity index (χ1v) is 10.1. The third-order valence-electron chi connectivity index (χ3n) is 4.57. The summed E-state index contributed by atoms with van der Waals surface area (Å²) in [6, 6.07) is 17.2. The second-order valence-electron chi connectivity index (χ2n) is 6.74. The van der Waals surface area contributed by atoms with Gasteiger partial charge in [0.05, 0.1) is 19.4 Å². The van der Waals surface area contributed by atoms with Crippen LogP contribution in [0.5, 0.6) is 5.75 Å². The summed E-state index contributed by atoms with van der Waals surface area (Å²) in [6.45, 7) is 6.78. The van der Waals surface area contributed by atoms with Gasteiger partial charge in [-0.15, -0.1) is 0 Å². The van der Waals surface area contributed by atoms with Crippen LogP contribution >= 0.6 is 11.6 Å². The molecule has 2 aromatic carbocycles. The van der Waals surface area contributed by atoms with Crippen molar-refractivity contribution in [2.45, 2.75) is 20.8 Å². The maximum Gasteiger partial charge on any atom is 0.259 e. The molecule has 0 aliphatic carbocycles. The molecule has 30 heavy (non-hydrogen) atoms. The van der Waals surface area contributed by atoms with E-state index in [1.807, 2.05) is 63.2 Å². The second-order valence-corrected chi connectivity index (χ2v) is 7.18. The SMILES string of the molecule is CCOc1ccc(-n2c(C)cc(/C=N\NC(=O)CNc3ccc(Cl)cc3)c2C)cc1. The molecule has 0 fully saturated rings. The number of aromatic nitrogens is 1. The number of aryl methyl sites for hydroxylation is 1. The molecule has 0 unspecified atom stereocenters. The minimum atomic E-state index is -0.235. The van der Waals surface area contributed by atoms with Crippen molar-refractivity contribution < 1.29 is 9.53 Å². The Balaban J connectivity index is 1.61. The largest absolute Gasteiger partial charge is 0.494 e. The van der Waals surface area contributed by atoms with E-state index in [9.17, 15) is 4.79 Å². The van der Waals surface area contributed by atoms with Crippen molar-refractivity contribution in [1.82, 2.24) is 9.99 Å². The van der Waals surface area contributed by atoms with Crippen molar-refractivity contribution in [3.63, 3.8) is 0 Å². The number of rotatable bonds is 8. The summed E-state index contributed by atoms with van der Waals surface area (Å²) in [5.74, 6) is 0.613. The molecule has 1 amide bonds. The number of halogens is 1. The number of carbonyl (C=O) groups excluding carboxylic acids is 1. The van der Waals surface area contributed by atoms with E-state index in [0.717, 1.165) is 34.1 Å². The highest BCUT2D eigenvalue weighted by atomic mass is 35.5. The lowest BCUT2D eigenvalue weighted by Gasteiger charge is -2.11. The zero-order valence-corrected chi connectivity index (χ0v) is 18.0. The van der Waals surface area contributed by atoms with E-state index in [1.165, 1.54) is 0 Å². The number of amides is 1. The Labute approximate surface area is 181 Å². The van der Waals surface area contributed by atoms with Gasteiger partial charge >= 0.3 is 0 Å². The van der Waals surface area contributed by atoms with Crippen LogP contribution in [0.1, 0.15) is 23.9 Å². The van der Waals surface area contributed by atoms with Crippen LogP contribution in [0.15, 0.2) is 59.7 Å². The van der Waals surface area contributed by atoms with E-state index in [-0.39, 0.29) is 12.5 Å². The molecule has 2 N–H and O–H groups in total. The van der Waals surface area contributed by atoms with Gasteiger partial charge in [-0.1, -0.05) is 11.6 Å². The maximum atomic E-state index is 12.0. The fourth-order valence-electron chi connectivity index (χ4n) is 3.14. The van der Waals surface area contributed by atoms with Gasteiger partial charge in [-0.3, -0.25) is 4.79 Å². The van der Waals surface area contributed by atoms with Gasteiger partial charge < -0.3 is 14.6 Å². The molecule has 0 aliphatic heterocycles. The Hall–Kier alpha value is -3.25. The zero-order chi connectivity index (χ0) is 21.5. The molecule has 0 saturated carbocycles. The molecule has 0 saturated heterocycles. The summed E-state index contributed by atoms with van der Waals surface area (Å²) in [7, 11) is 0. The summed E-state index contributed by atoms with van der Waals surface area (Å²) < 4.78 is 7.65. The van der Waals surface area contributed by atoms with Gasteiger partial charge in [0.25, 0.3) is 5.91 Å². The maximum absolute atomic E-state index is 12.0. The summed E-state index contributed by atoms with van der Waals surface area (Å²) in [4.78, 5) is 12.0. The molecule has 1 aromatic heterocycles. The van der Waals surface area contributed by atoms with Crippen LogP contribution in [-0.2, 0) is 4.79 Å². The number of hydrogen-bond donors (Lipinski definition) is 2. The summed E-state index contributed by atoms with van der Waals surface area (Å²) in [5.41, 5.74) is 7.46. The number of hydrazone groups is 1. The zero-order valence-electron chi connectivity index (χ0n) is 17.3. The van der Waals surface area contributed by atoms with E-state index in [2.05, 4.69) is 20.4 Å². The first-order valence-electron chi connectivity index (χ1n) is 9.71. The van der Waals surface area contributed by atoms with Crippen molar-refractivity contribution in [3.05, 3.63) is 76.6 Å². The normalized spacial score (nSPS) is 10.9. The van der Waals surface area contributed by atoms with Crippen molar-refractivity contribution in [2.75, 3.05) is 18.5 Å². The van der Waals surface area contributed by atoms with Crippen LogP contribution in [0.4, 0.5) is 5.69 Å². The van der Waals surface area contributed by atoms with E-state index in [1.54, 1.807) is 18.3 Å². The van der Waals surface area contributed by atoms with Crippen molar-refractivity contribution >= 4 is 29.4 Å². The molecule has 3 rings (SSSR count). The monoisotopic (exact) mass is 424 g/mol. The van der Waals surface area contributed by atoms with E-state index in [0.29, 0.717) is 11.6 Å². The van der Waals surface area contributed by atoms with Crippen molar-refractivity contribution in [2.24, 2.45) is 5.10 Å². The van der Waals surface area contributed by atoms with Gasteiger partial charge in [-0.25, -0.2) is 5.43 Å². The minimum absolute atomic E-state index is 0.115. The molecule has 1 heterocycles. The molecule has 0 atom stereocenters. The van der Waals surface area contributed by atoms with E-state index in [4.69, 9.17) is 16.3 Å². The van der Waals surface area contributed by atoms with Crippen LogP contribution in [0.3, 0.4) is 0 Å². The topological polar surface area (TPSA) is 67.6 Å². The van der Waals surface area contributed by atoms with Gasteiger partial charge in [-0.05, 0) is 75.4 Å². The molecular weight excluding hydrogens is 400 g/mol. The van der Waals surface area contributed by atoms with Crippen molar-refractivity contribution in [3.8, 4) is 11.4 Å². The van der Waals surface area contributed by atoms with Crippen LogP contribution in [0.25, 0.3) is 5.69 Å². The fraction of sp³-hybridized carbons (Fsp3) is 0.217. The van der Waals surface area contributed by atoms with E-state index >= 15 is 0 Å². The molecule has 6 nitrogen and oxygen atoms in total. The highest BCUT2D eigenvalue weighted by molar-refractivity contribution is 6.30. The number of anilines is 1. The quantitative estimate of drug-likeness (QED) is 0.406. The standard InChI is InChI=1S/C23H25ClN4O2/c1-4-30-22-11-9-21(10-12-22)28-16(2)13-18(17(28)3)14-26-27-23(29)15-25-20-7-5-19(24)6-8-20/h5-14,25H,4,15H2,1-3H3,(H,27,29)/b26-14-. The number of nitrogens with zero attached hydrogens (tertiary/aromatic N) is 2. The highest BCUT2D eigenvalue weighted by Gasteiger charge is 2.10. The Kier molecular flexibility index (Phi) is 7.14. The average molecular weight is 425 g/mol. The number of hydrogen-bond acceptors (Lipinski definition) is 4. The van der Waals surface area contributed by atoms with Gasteiger partial charge in [0.2, 0.25) is 0 Å². The first-order chi connectivity index (χ1) is 14.5. The number of ether oxygens (including phenoxy) is 1. The molecule has 0 spiro atoms. The minimum Gasteiger partial charge on any atom is -0.494 e. The summed E-state index contributed by atoms with van der Waals surface area (Å²) >= 11 is 5.85. The van der Waals surface area contributed by atoms with Crippen LogP contribution in [-0.4, -0.2) is 29.8 Å². The molecule has 3 aromatic rings. The molecule has 156 valence electrons. The smallest absolute Gasteiger partial charge is 0.259 e. The third-order valence-corrected chi connectivity index (χ3v) is 4.82. The first kappa shape index (κ1) is 21.5. The predicted molar refractivity (Wildman–Crippen MR) is 122 cm³/mol. The Morgan fingerprint density at radius 3 is 2.50 bits per heavy atom. The molecular formula is C23H25ClN4O2. The Bertz CT molecular complexity index is 1020. The summed E-state index contributed by atoms with van der Waals surface area (Å²) in [6.07, 6.45) is 1.66. The van der Waals surface area contributed by atoms with Crippen LogP contribution < -0.4 is 15.5 Å². The Morgan fingerprint density at radius 2 is 1.83 bits per heavy atom. The van der Waals surface area contributed by atoms with Gasteiger partial charge in [-0.2, -0.15) is 5.10 Å². The number of nitrogens with one attached hydrogen (secondary N) is 2. The number of benzene rings is 2. The van der Waals surface area contributed by atoms with Gasteiger partial charge in [0.15, 0.2) is 0 Å². The predicted octanol–water partition coefficient (Wildman–Crippen LogP) is 4.71. The summed E-state index contributed by atoms with van der Waals surface area (Å²) in [5, 5.41) is 7.77. The number of carbonyl (C=O) groups is 1. The lowest BCUT2D eigenvalue weighted by Crippen LogP contribution is -2.25. The van der Waals surface area contributed by atoms with Gasteiger partial charge in [0, 0.05) is 33.3 Å². The lowest BCUT2D eigenvalue weighted by atomic mass is 10.2. The van der Waals surface area contributed by atoms with Crippen LogP contribution in [0, 0.1) is 13.8 Å². The van der Waals surface area contributed by atoms with E-state index < -0.39 is 0 Å². The van der Waals surface area contributed by atoms with Gasteiger partial charge in [0.1, 0.15) is 5.75 Å². The van der Waals surface area contributed by atoms with Crippen molar-refractivity contribution in [1.29, 1.82) is 0 Å². The second kappa shape index (κ2) is 9.98.